The minimum atomic E-state index is 0. The molecule has 10 heteroatoms. The standard InChI is InChI=1S/C20H22N6OS.2ClH/c27-20(16-12-22-19(28-16)15-4-2-1-3-5-15)25-9-6-14(7-10-25)18-24-23-17-13-21-8-11-26(17)18;;/h1-5,12,14,21H,6-11,13H2;2*1H. The molecule has 1 saturated heterocycles. The van der Waals surface area contributed by atoms with Gasteiger partial charge in [-0.2, -0.15) is 0 Å². The lowest BCUT2D eigenvalue weighted by Gasteiger charge is -2.31. The van der Waals surface area contributed by atoms with Crippen LogP contribution >= 0.6 is 36.2 Å². The SMILES string of the molecule is Cl.Cl.O=C(c1cnc(-c2ccccc2)s1)N1CCC(c2nnc3n2CCNC3)CC1. The average molecular weight is 467 g/mol. The molecule has 0 radical (unpaired) electrons. The Bertz CT molecular complexity index is 984. The summed E-state index contributed by atoms with van der Waals surface area (Å²) in [6, 6.07) is 10.0. The number of carbonyl (C=O) groups excluding carboxylic acids is 1. The number of hydrogen-bond donors (Lipinski definition) is 1. The molecule has 1 fully saturated rings. The highest BCUT2D eigenvalue weighted by Crippen LogP contribution is 2.30. The fourth-order valence-electron chi connectivity index (χ4n) is 4.00. The predicted molar refractivity (Wildman–Crippen MR) is 122 cm³/mol. The van der Waals surface area contributed by atoms with Crippen LogP contribution in [0.5, 0.6) is 0 Å². The number of nitrogens with zero attached hydrogens (tertiary/aromatic N) is 5. The monoisotopic (exact) mass is 466 g/mol. The van der Waals surface area contributed by atoms with Crippen molar-refractivity contribution < 1.29 is 4.79 Å². The number of carbonyl (C=O) groups is 1. The molecule has 1 N–H and O–H groups in total. The van der Waals surface area contributed by atoms with Crippen molar-refractivity contribution in [3.05, 3.63) is 53.1 Å². The molecular weight excluding hydrogens is 443 g/mol. The lowest BCUT2D eigenvalue weighted by atomic mass is 9.95. The number of hydrogen-bond acceptors (Lipinski definition) is 6. The van der Waals surface area contributed by atoms with Crippen LogP contribution in [-0.4, -0.2) is 50.2 Å². The molecule has 0 aliphatic carbocycles. The van der Waals surface area contributed by atoms with Gasteiger partial charge < -0.3 is 14.8 Å². The first kappa shape index (κ1) is 22.7. The Morgan fingerprint density at radius 2 is 1.83 bits per heavy atom. The Hall–Kier alpha value is -2.00. The number of halogens is 2. The molecule has 2 aliphatic rings. The minimum Gasteiger partial charge on any atom is -0.338 e. The summed E-state index contributed by atoms with van der Waals surface area (Å²) in [7, 11) is 0. The van der Waals surface area contributed by atoms with E-state index in [1.165, 1.54) is 11.3 Å². The highest BCUT2D eigenvalue weighted by Gasteiger charge is 2.29. The Morgan fingerprint density at radius 3 is 2.60 bits per heavy atom. The maximum absolute atomic E-state index is 12.9. The van der Waals surface area contributed by atoms with Gasteiger partial charge in [0.2, 0.25) is 0 Å². The normalized spacial score (nSPS) is 16.3. The van der Waals surface area contributed by atoms with Gasteiger partial charge in [0.05, 0.1) is 12.7 Å². The Labute approximate surface area is 191 Å². The minimum absolute atomic E-state index is 0. The van der Waals surface area contributed by atoms with Crippen molar-refractivity contribution >= 4 is 42.1 Å². The zero-order valence-electron chi connectivity index (χ0n) is 16.4. The van der Waals surface area contributed by atoms with Gasteiger partial charge in [-0.15, -0.1) is 46.3 Å². The lowest BCUT2D eigenvalue weighted by molar-refractivity contribution is 0.0714. The van der Waals surface area contributed by atoms with Crippen LogP contribution in [0.15, 0.2) is 36.5 Å². The fourth-order valence-corrected chi connectivity index (χ4v) is 4.89. The molecule has 160 valence electrons. The average Bonchev–Trinajstić information content (AvgIpc) is 3.42. The molecule has 3 aromatic rings. The van der Waals surface area contributed by atoms with Crippen molar-refractivity contribution in [3.63, 3.8) is 0 Å². The van der Waals surface area contributed by atoms with Gasteiger partial charge in [-0.1, -0.05) is 30.3 Å². The van der Waals surface area contributed by atoms with E-state index < -0.39 is 0 Å². The van der Waals surface area contributed by atoms with Crippen molar-refractivity contribution in [3.8, 4) is 10.6 Å². The number of rotatable bonds is 3. The Balaban J connectivity index is 0.00000128. The molecule has 0 saturated carbocycles. The van der Waals surface area contributed by atoms with Gasteiger partial charge in [0.15, 0.2) is 0 Å². The predicted octanol–water partition coefficient (Wildman–Crippen LogP) is 3.37. The summed E-state index contributed by atoms with van der Waals surface area (Å²) in [4.78, 5) is 20.0. The summed E-state index contributed by atoms with van der Waals surface area (Å²) in [6.45, 7) is 4.19. The highest BCUT2D eigenvalue weighted by molar-refractivity contribution is 7.16. The van der Waals surface area contributed by atoms with Crippen molar-refractivity contribution in [2.45, 2.75) is 31.8 Å². The third-order valence-electron chi connectivity index (χ3n) is 5.54. The molecule has 1 amide bonds. The third-order valence-corrected chi connectivity index (χ3v) is 6.57. The summed E-state index contributed by atoms with van der Waals surface area (Å²) in [6.07, 6.45) is 3.58. The quantitative estimate of drug-likeness (QED) is 0.640. The van der Waals surface area contributed by atoms with Gasteiger partial charge in [0.25, 0.3) is 5.91 Å². The molecule has 0 bridgehead atoms. The van der Waals surface area contributed by atoms with E-state index in [0.717, 1.165) is 67.8 Å². The first-order valence-corrected chi connectivity index (χ1v) is 10.5. The van der Waals surface area contributed by atoms with Crippen molar-refractivity contribution in [1.82, 2.24) is 30.0 Å². The third kappa shape index (κ3) is 4.37. The molecule has 7 nitrogen and oxygen atoms in total. The zero-order chi connectivity index (χ0) is 18.9. The van der Waals surface area contributed by atoms with Crippen LogP contribution in [0.2, 0.25) is 0 Å². The zero-order valence-corrected chi connectivity index (χ0v) is 18.8. The van der Waals surface area contributed by atoms with E-state index in [4.69, 9.17) is 0 Å². The van der Waals surface area contributed by atoms with Crippen molar-refractivity contribution in [1.29, 1.82) is 0 Å². The van der Waals surface area contributed by atoms with Crippen molar-refractivity contribution in [2.75, 3.05) is 19.6 Å². The van der Waals surface area contributed by atoms with Gasteiger partial charge in [0.1, 0.15) is 21.5 Å². The molecule has 1 aromatic carbocycles. The molecule has 4 heterocycles. The van der Waals surface area contributed by atoms with E-state index in [1.807, 2.05) is 35.2 Å². The van der Waals surface area contributed by atoms with Gasteiger partial charge in [-0.25, -0.2) is 4.98 Å². The summed E-state index contributed by atoms with van der Waals surface area (Å²) >= 11 is 1.47. The first-order valence-electron chi connectivity index (χ1n) is 9.73. The maximum Gasteiger partial charge on any atom is 0.265 e. The molecule has 30 heavy (non-hydrogen) atoms. The largest absolute Gasteiger partial charge is 0.338 e. The molecule has 5 rings (SSSR count). The second-order valence-electron chi connectivity index (χ2n) is 7.27. The summed E-state index contributed by atoms with van der Waals surface area (Å²) in [5, 5.41) is 13.0. The smallest absolute Gasteiger partial charge is 0.265 e. The van der Waals surface area contributed by atoms with Crippen LogP contribution in [0.4, 0.5) is 0 Å². The van der Waals surface area contributed by atoms with Crippen LogP contribution in [0.25, 0.3) is 10.6 Å². The number of amides is 1. The molecule has 0 atom stereocenters. The number of nitrogens with one attached hydrogen (secondary N) is 1. The van der Waals surface area contributed by atoms with Crippen LogP contribution < -0.4 is 5.32 Å². The first-order chi connectivity index (χ1) is 13.8. The van der Waals surface area contributed by atoms with Crippen LogP contribution in [0.3, 0.4) is 0 Å². The van der Waals surface area contributed by atoms with E-state index in [0.29, 0.717) is 10.8 Å². The van der Waals surface area contributed by atoms with E-state index >= 15 is 0 Å². The van der Waals surface area contributed by atoms with Crippen LogP contribution in [-0.2, 0) is 13.1 Å². The number of aromatic nitrogens is 4. The molecule has 0 spiro atoms. The molecular formula is C20H24Cl2N6OS. The van der Waals surface area contributed by atoms with E-state index in [-0.39, 0.29) is 30.7 Å². The van der Waals surface area contributed by atoms with Gasteiger partial charge in [-0.05, 0) is 12.8 Å². The number of fused-ring (bicyclic) bond motifs is 1. The van der Waals surface area contributed by atoms with Gasteiger partial charge >= 0.3 is 0 Å². The van der Waals surface area contributed by atoms with E-state index in [9.17, 15) is 4.79 Å². The summed E-state index contributed by atoms with van der Waals surface area (Å²) in [5.41, 5.74) is 1.05. The number of benzene rings is 1. The topological polar surface area (TPSA) is 75.9 Å². The second-order valence-corrected chi connectivity index (χ2v) is 8.30. The molecule has 0 unspecified atom stereocenters. The highest BCUT2D eigenvalue weighted by atomic mass is 35.5. The van der Waals surface area contributed by atoms with Gasteiger partial charge in [0, 0.05) is 37.7 Å². The van der Waals surface area contributed by atoms with Gasteiger partial charge in [-0.3, -0.25) is 4.79 Å². The summed E-state index contributed by atoms with van der Waals surface area (Å²) in [5.74, 6) is 2.58. The van der Waals surface area contributed by atoms with Crippen molar-refractivity contribution in [2.24, 2.45) is 0 Å². The number of thiazole rings is 1. The number of likely N-dealkylation sites (tertiary alicyclic amines) is 1. The van der Waals surface area contributed by atoms with E-state index in [2.05, 4.69) is 25.1 Å². The van der Waals surface area contributed by atoms with Crippen LogP contribution in [0.1, 0.15) is 40.1 Å². The Kier molecular flexibility index (Phi) is 7.46. The maximum atomic E-state index is 12.9. The van der Waals surface area contributed by atoms with Crippen LogP contribution in [0, 0.1) is 0 Å². The fraction of sp³-hybridized carbons (Fsp3) is 0.400. The molecule has 2 aliphatic heterocycles. The number of piperidine rings is 1. The Morgan fingerprint density at radius 1 is 1.07 bits per heavy atom. The van der Waals surface area contributed by atoms with E-state index in [1.54, 1.807) is 6.20 Å². The molecule has 2 aromatic heterocycles. The summed E-state index contributed by atoms with van der Waals surface area (Å²) < 4.78 is 2.26. The lowest BCUT2D eigenvalue weighted by Crippen LogP contribution is -2.38. The second kappa shape index (κ2) is 9.87.